The smallest absolute Gasteiger partial charge is 0.872 e. The summed E-state index contributed by atoms with van der Waals surface area (Å²) in [5.74, 6) is -3.41. The predicted molar refractivity (Wildman–Crippen MR) is 80.5 cm³/mol. The van der Waals surface area contributed by atoms with E-state index in [9.17, 15) is 33.1 Å². The fourth-order valence-corrected chi connectivity index (χ4v) is 3.02. The van der Waals surface area contributed by atoms with Crippen LogP contribution in [0.2, 0.25) is 0 Å². The molecule has 0 spiro atoms. The third-order valence-electron chi connectivity index (χ3n) is 3.34. The Hall–Kier alpha value is -2.04. The van der Waals surface area contributed by atoms with Gasteiger partial charge in [0, 0.05) is 5.56 Å². The Balaban J connectivity index is 0.00000225. The van der Waals surface area contributed by atoms with Crippen molar-refractivity contribution in [3.63, 3.8) is 0 Å². The second kappa shape index (κ2) is 6.70. The molecule has 0 bridgehead atoms. The van der Waals surface area contributed by atoms with E-state index in [1.807, 2.05) is 0 Å². The largest absolute Gasteiger partial charge is 1.00 e. The summed E-state index contributed by atoms with van der Waals surface area (Å²) in [5, 5.41) is 30.8. The van der Waals surface area contributed by atoms with Gasteiger partial charge in [0.15, 0.2) is 16.2 Å². The molecule has 0 unspecified atom stereocenters. The molecule has 0 amide bonds. The van der Waals surface area contributed by atoms with Crippen molar-refractivity contribution in [3.05, 3.63) is 46.6 Å². The van der Waals surface area contributed by atoms with Crippen LogP contribution >= 0.6 is 0 Å². The van der Waals surface area contributed by atoms with Gasteiger partial charge in [-0.1, -0.05) is 36.1 Å². The molecular weight excluding hydrogens is 363 g/mol. The summed E-state index contributed by atoms with van der Waals surface area (Å²) >= 11 is 0. The van der Waals surface area contributed by atoms with Crippen molar-refractivity contribution in [2.75, 3.05) is 0 Å². The third-order valence-corrected chi connectivity index (χ3v) is 4.25. The minimum Gasteiger partial charge on any atom is -0.872 e. The van der Waals surface area contributed by atoms with E-state index in [4.69, 9.17) is 4.42 Å². The van der Waals surface area contributed by atoms with Gasteiger partial charge in [-0.2, -0.15) is 8.42 Å². The maximum Gasteiger partial charge on any atom is 1.00 e. The van der Waals surface area contributed by atoms with Crippen LogP contribution in [-0.2, 0) is 10.1 Å². The molecule has 3 rings (SSSR count). The fraction of sp³-hybridized carbons (Fsp3) is 0. The fourth-order valence-electron chi connectivity index (χ4n) is 2.32. The molecule has 124 valence electrons. The monoisotopic (exact) mass is 372 g/mol. The van der Waals surface area contributed by atoms with E-state index < -0.39 is 54.4 Å². The van der Waals surface area contributed by atoms with Gasteiger partial charge in [0.2, 0.25) is 11.2 Å². The number of phenols is 1. The molecule has 3 aromatic rings. The zero-order valence-corrected chi connectivity index (χ0v) is 15.6. The topological polar surface area (TPSA) is 148 Å². The summed E-state index contributed by atoms with van der Waals surface area (Å²) in [6.07, 6.45) is 0. The van der Waals surface area contributed by atoms with Gasteiger partial charge in [0.1, 0.15) is 5.75 Å². The molecule has 3 N–H and O–H groups in total. The molecular formula is C15H9NaO8S. The second-order valence-electron chi connectivity index (χ2n) is 4.88. The first-order valence-corrected chi connectivity index (χ1v) is 7.91. The number of rotatable bonds is 2. The Kier molecular flexibility index (Phi) is 5.17. The van der Waals surface area contributed by atoms with E-state index in [1.54, 1.807) is 18.2 Å². The van der Waals surface area contributed by atoms with Crippen LogP contribution in [0, 0.1) is 0 Å². The van der Waals surface area contributed by atoms with Gasteiger partial charge in [-0.15, -0.1) is 0 Å². The molecule has 1 aromatic heterocycles. The van der Waals surface area contributed by atoms with Gasteiger partial charge in [0.05, 0.1) is 5.39 Å². The average Bonchev–Trinajstić information content (AvgIpc) is 2.49. The molecule has 0 aliphatic carbocycles. The van der Waals surface area contributed by atoms with Gasteiger partial charge >= 0.3 is 39.7 Å². The summed E-state index contributed by atoms with van der Waals surface area (Å²) in [4.78, 5) is 11.1. The van der Waals surface area contributed by atoms with Crippen molar-refractivity contribution in [2.24, 2.45) is 0 Å². The molecule has 8 nitrogen and oxygen atoms in total. The second-order valence-corrected chi connectivity index (χ2v) is 6.24. The van der Waals surface area contributed by atoms with Crippen LogP contribution in [0.25, 0.3) is 22.3 Å². The maximum absolute atomic E-state index is 12.3. The van der Waals surface area contributed by atoms with Crippen LogP contribution < -0.4 is 40.1 Å². The Labute approximate surface area is 163 Å². The van der Waals surface area contributed by atoms with Crippen LogP contribution in [0.1, 0.15) is 0 Å². The summed E-state index contributed by atoms with van der Waals surface area (Å²) in [6, 6.07) is 8.19. The van der Waals surface area contributed by atoms with Crippen LogP contribution in [0.3, 0.4) is 0 Å². The Morgan fingerprint density at radius 3 is 2.24 bits per heavy atom. The van der Waals surface area contributed by atoms with Crippen molar-refractivity contribution >= 4 is 21.1 Å². The molecule has 0 atom stereocenters. The van der Waals surface area contributed by atoms with E-state index in [0.717, 1.165) is 0 Å². The number of hydrogen-bond acceptors (Lipinski definition) is 7. The van der Waals surface area contributed by atoms with Crippen LogP contribution in [-0.4, -0.2) is 23.2 Å². The van der Waals surface area contributed by atoms with Crippen molar-refractivity contribution in [1.29, 1.82) is 0 Å². The molecule has 1 heterocycles. The van der Waals surface area contributed by atoms with E-state index >= 15 is 0 Å². The van der Waals surface area contributed by atoms with E-state index in [-0.39, 0.29) is 35.1 Å². The van der Waals surface area contributed by atoms with Gasteiger partial charge < -0.3 is 19.7 Å². The van der Waals surface area contributed by atoms with E-state index in [1.165, 1.54) is 12.1 Å². The summed E-state index contributed by atoms with van der Waals surface area (Å²) < 4.78 is 37.5. The number of benzene rings is 2. The number of fused-ring (bicyclic) bond motifs is 1. The maximum atomic E-state index is 12.3. The molecule has 0 aliphatic heterocycles. The quantitative estimate of drug-likeness (QED) is 0.352. The standard InChI is InChI=1S/C15H10O8S.Na/c16-8-6-9(17)15(24(20,21)22)14-10(8)11(18)12(19)13(23-14)7-4-2-1-3-5-7;/h1-6,16-17,19H,(H,20,21,22);/q;+1/p-1. The molecule has 0 aliphatic rings. The zero-order valence-electron chi connectivity index (χ0n) is 12.8. The zero-order chi connectivity index (χ0) is 17.6. The van der Waals surface area contributed by atoms with Crippen molar-refractivity contribution in [1.82, 2.24) is 0 Å². The SMILES string of the molecule is O=c1c(O)c(-c2ccccc2)oc2c(S(=O)(=O)O)c(O)cc([O-])c12.[Na+]. The Morgan fingerprint density at radius 2 is 1.68 bits per heavy atom. The molecule has 0 saturated carbocycles. The summed E-state index contributed by atoms with van der Waals surface area (Å²) in [5.41, 5.74) is -1.78. The number of phenolic OH excluding ortho intramolecular Hbond substituents is 1. The number of hydrogen-bond donors (Lipinski definition) is 3. The molecule has 25 heavy (non-hydrogen) atoms. The average molecular weight is 372 g/mol. The Bertz CT molecular complexity index is 1120. The van der Waals surface area contributed by atoms with Crippen molar-refractivity contribution in [3.8, 4) is 28.6 Å². The molecule has 10 heteroatoms. The van der Waals surface area contributed by atoms with Crippen molar-refractivity contribution < 1.29 is 62.3 Å². The summed E-state index contributed by atoms with van der Waals surface area (Å²) in [7, 11) is -5.01. The first-order chi connectivity index (χ1) is 11.2. The van der Waals surface area contributed by atoms with Crippen LogP contribution in [0.5, 0.6) is 17.2 Å². The van der Waals surface area contributed by atoms with E-state index in [0.29, 0.717) is 6.07 Å². The van der Waals surface area contributed by atoms with Crippen molar-refractivity contribution in [2.45, 2.75) is 4.90 Å². The third kappa shape index (κ3) is 3.24. The van der Waals surface area contributed by atoms with Crippen LogP contribution in [0.4, 0.5) is 0 Å². The summed E-state index contributed by atoms with van der Waals surface area (Å²) in [6.45, 7) is 0. The van der Waals surface area contributed by atoms with Gasteiger partial charge in [-0.3, -0.25) is 9.35 Å². The number of aromatic hydroxyl groups is 2. The van der Waals surface area contributed by atoms with Crippen LogP contribution in [0.15, 0.2) is 50.5 Å². The first-order valence-electron chi connectivity index (χ1n) is 6.47. The molecule has 0 saturated heterocycles. The predicted octanol–water partition coefficient (Wildman–Crippen LogP) is -1.80. The van der Waals surface area contributed by atoms with Gasteiger partial charge in [0.25, 0.3) is 0 Å². The minimum atomic E-state index is -5.01. The normalized spacial score (nSPS) is 11.2. The Morgan fingerprint density at radius 1 is 1.08 bits per heavy atom. The molecule has 0 radical (unpaired) electrons. The minimum absolute atomic E-state index is 0. The van der Waals surface area contributed by atoms with Gasteiger partial charge in [-0.05, 0) is 6.07 Å². The van der Waals surface area contributed by atoms with Gasteiger partial charge in [-0.25, -0.2) is 0 Å². The molecule has 0 fully saturated rings. The van der Waals surface area contributed by atoms with E-state index in [2.05, 4.69) is 0 Å². The first kappa shape index (κ1) is 19.3. The molecule has 2 aromatic carbocycles.